The molecule has 37 heavy (non-hydrogen) atoms. The van der Waals surface area contributed by atoms with Crippen molar-refractivity contribution in [3.8, 4) is 0 Å². The first kappa shape index (κ1) is 26.0. The minimum Gasteiger partial charge on any atom is -0.376 e. The number of likely N-dealkylation sites (tertiary alicyclic amines) is 1. The monoisotopic (exact) mass is 517 g/mol. The Labute approximate surface area is 215 Å². The van der Waals surface area contributed by atoms with Gasteiger partial charge in [-0.05, 0) is 62.6 Å². The number of piperidine rings is 1. The van der Waals surface area contributed by atoms with Crippen LogP contribution in [0, 0.1) is 5.41 Å². The lowest BCUT2D eigenvalue weighted by Gasteiger charge is -2.50. The summed E-state index contributed by atoms with van der Waals surface area (Å²) in [6, 6.07) is 11.0. The smallest absolute Gasteiger partial charge is 0.376 e. The Bertz CT molecular complexity index is 1160. The van der Waals surface area contributed by atoms with Crippen molar-refractivity contribution in [3.05, 3.63) is 58.9 Å². The molecule has 3 heterocycles. The van der Waals surface area contributed by atoms with E-state index < -0.39 is 12.6 Å². The molecule has 1 spiro atoms. The van der Waals surface area contributed by atoms with Crippen LogP contribution in [-0.4, -0.2) is 65.5 Å². The Hall–Kier alpha value is -2.65. The van der Waals surface area contributed by atoms with Crippen LogP contribution < -0.4 is 0 Å². The number of likely N-dealkylation sites (N-methyl/N-ethyl adjacent to an activating group) is 1. The first-order valence-corrected chi connectivity index (χ1v) is 13.0. The van der Waals surface area contributed by atoms with Crippen molar-refractivity contribution >= 4 is 11.7 Å². The van der Waals surface area contributed by atoms with E-state index in [4.69, 9.17) is 4.74 Å². The van der Waals surface area contributed by atoms with Crippen LogP contribution in [0.25, 0.3) is 0 Å². The number of amides is 1. The predicted molar refractivity (Wildman–Crippen MR) is 132 cm³/mol. The molecule has 1 saturated heterocycles. The lowest BCUT2D eigenvalue weighted by atomic mass is 9.81. The molecule has 0 radical (unpaired) electrons. The average molecular weight is 518 g/mol. The number of fused-ring (bicyclic) bond motifs is 2. The van der Waals surface area contributed by atoms with Crippen molar-refractivity contribution in [2.24, 2.45) is 5.41 Å². The maximum atomic E-state index is 13.2. The summed E-state index contributed by atoms with van der Waals surface area (Å²) in [4.78, 5) is 30.6. The number of ketones is 1. The number of benzene rings is 1. The highest BCUT2D eigenvalue weighted by atomic mass is 19.4. The molecule has 1 saturated carbocycles. The van der Waals surface area contributed by atoms with Gasteiger partial charge in [0.2, 0.25) is 0 Å². The van der Waals surface area contributed by atoms with E-state index in [0.717, 1.165) is 50.0 Å². The molecule has 5 rings (SSSR count). The molecule has 2 fully saturated rings. The number of nitrogens with zero attached hydrogens (tertiary/aromatic N) is 3. The van der Waals surface area contributed by atoms with Crippen molar-refractivity contribution in [2.45, 2.75) is 63.9 Å². The van der Waals surface area contributed by atoms with Crippen LogP contribution in [-0.2, 0) is 23.4 Å². The van der Waals surface area contributed by atoms with Crippen LogP contribution in [0.1, 0.15) is 71.1 Å². The molecule has 2 aliphatic heterocycles. The van der Waals surface area contributed by atoms with E-state index in [9.17, 15) is 22.8 Å². The highest BCUT2D eigenvalue weighted by Crippen LogP contribution is 2.49. The van der Waals surface area contributed by atoms with E-state index in [1.165, 1.54) is 5.69 Å². The fourth-order valence-corrected chi connectivity index (χ4v) is 5.72. The summed E-state index contributed by atoms with van der Waals surface area (Å²) < 4.78 is 44.1. The quantitative estimate of drug-likeness (QED) is 0.383. The maximum absolute atomic E-state index is 13.2. The Morgan fingerprint density at radius 3 is 2.24 bits per heavy atom. The van der Waals surface area contributed by atoms with Crippen LogP contribution in [0.15, 0.2) is 36.4 Å². The highest BCUT2D eigenvalue weighted by Gasteiger charge is 2.49. The molecule has 9 heteroatoms. The molecule has 1 aromatic heterocycles. The third kappa shape index (κ3) is 5.08. The molecule has 1 amide bonds. The van der Waals surface area contributed by atoms with Crippen molar-refractivity contribution in [2.75, 3.05) is 33.3 Å². The van der Waals surface area contributed by atoms with Crippen LogP contribution in [0.3, 0.4) is 0 Å². The van der Waals surface area contributed by atoms with E-state index in [0.29, 0.717) is 18.7 Å². The van der Waals surface area contributed by atoms with Gasteiger partial charge in [-0.1, -0.05) is 19.1 Å². The zero-order valence-corrected chi connectivity index (χ0v) is 21.4. The Morgan fingerprint density at radius 2 is 1.62 bits per heavy atom. The molecule has 3 aliphatic rings. The van der Waals surface area contributed by atoms with Gasteiger partial charge in [0.15, 0.2) is 5.78 Å². The number of ether oxygens (including phenoxy) is 1. The summed E-state index contributed by atoms with van der Waals surface area (Å²) in [5, 5.41) is 0. The molecule has 1 aliphatic carbocycles. The third-order valence-corrected chi connectivity index (χ3v) is 8.51. The largest absolute Gasteiger partial charge is 0.391 e. The molecule has 2 aromatic rings. The number of alkyl halides is 3. The summed E-state index contributed by atoms with van der Waals surface area (Å²) in [6.07, 6.45) is -1.71. The van der Waals surface area contributed by atoms with E-state index in [2.05, 4.69) is 29.5 Å². The lowest BCUT2D eigenvalue weighted by molar-refractivity contribution is -0.146. The first-order valence-electron chi connectivity index (χ1n) is 13.0. The molecule has 0 bridgehead atoms. The summed E-state index contributed by atoms with van der Waals surface area (Å²) in [7, 11) is 2.13. The number of hydrogen-bond acceptors (Lipinski definition) is 4. The molecule has 0 atom stereocenters. The number of aromatic nitrogens is 1. The molecule has 0 N–H and O–H groups in total. The minimum atomic E-state index is -4.23. The van der Waals surface area contributed by atoms with Crippen LogP contribution >= 0.6 is 0 Å². The SMILES string of the molecule is CN1CCn2c(C(=O)C3(C)CC3)ccc2C12CCN(C(=O)c1ccc(COCCC(F)(F)F)cc1)CC2. The summed E-state index contributed by atoms with van der Waals surface area (Å²) in [5.41, 5.74) is 2.88. The Balaban J connectivity index is 1.22. The molecule has 6 nitrogen and oxygen atoms in total. The third-order valence-electron chi connectivity index (χ3n) is 8.51. The number of Topliss-reactive ketones (excluding diaryl/α,β-unsaturated/α-hetero) is 1. The predicted octanol–water partition coefficient (Wildman–Crippen LogP) is 5.02. The number of hydrogen-bond donors (Lipinski definition) is 0. The lowest BCUT2D eigenvalue weighted by Crippen LogP contribution is -2.56. The number of rotatable bonds is 7. The van der Waals surface area contributed by atoms with Crippen molar-refractivity contribution in [3.63, 3.8) is 0 Å². The van der Waals surface area contributed by atoms with Gasteiger partial charge in [-0.3, -0.25) is 14.5 Å². The van der Waals surface area contributed by atoms with E-state index in [-0.39, 0.29) is 35.9 Å². The van der Waals surface area contributed by atoms with Crippen LogP contribution in [0.4, 0.5) is 13.2 Å². The number of carbonyl (C=O) groups is 2. The van der Waals surface area contributed by atoms with Gasteiger partial charge in [0.05, 0.1) is 30.9 Å². The average Bonchev–Trinajstić information content (AvgIpc) is 3.48. The van der Waals surface area contributed by atoms with Gasteiger partial charge in [-0.2, -0.15) is 13.2 Å². The maximum Gasteiger partial charge on any atom is 0.391 e. The van der Waals surface area contributed by atoms with Gasteiger partial charge >= 0.3 is 6.18 Å². The zero-order valence-electron chi connectivity index (χ0n) is 21.4. The zero-order chi connectivity index (χ0) is 26.4. The van der Waals surface area contributed by atoms with Crippen molar-refractivity contribution in [1.29, 1.82) is 0 Å². The Kier molecular flexibility index (Phi) is 6.73. The van der Waals surface area contributed by atoms with Gasteiger partial charge in [-0.25, -0.2) is 0 Å². The van der Waals surface area contributed by atoms with E-state index in [1.54, 1.807) is 24.3 Å². The van der Waals surface area contributed by atoms with E-state index >= 15 is 0 Å². The van der Waals surface area contributed by atoms with E-state index in [1.807, 2.05) is 11.0 Å². The summed E-state index contributed by atoms with van der Waals surface area (Å²) in [6.45, 7) is 4.62. The first-order chi connectivity index (χ1) is 17.5. The van der Waals surface area contributed by atoms with Gasteiger partial charge in [0.25, 0.3) is 5.91 Å². The molecule has 1 aromatic carbocycles. The minimum absolute atomic E-state index is 0.0502. The van der Waals surface area contributed by atoms with Crippen LogP contribution in [0.2, 0.25) is 0 Å². The second kappa shape index (κ2) is 9.58. The van der Waals surface area contributed by atoms with Crippen LogP contribution in [0.5, 0.6) is 0 Å². The topological polar surface area (TPSA) is 54.8 Å². The molecular weight excluding hydrogens is 483 g/mol. The van der Waals surface area contributed by atoms with Gasteiger partial charge in [0.1, 0.15) is 0 Å². The normalized spacial score (nSPS) is 20.6. The second-order valence-corrected chi connectivity index (χ2v) is 11.0. The number of carbonyl (C=O) groups excluding carboxylic acids is 2. The van der Waals surface area contributed by atoms with Gasteiger partial charge in [-0.15, -0.1) is 0 Å². The standard InChI is InChI=1S/C28H34F3N3O3/c1-26(9-10-26)24(35)22-7-8-23-27(32(2)16-17-34(22)23)11-14-33(15-12-27)25(36)21-5-3-20(4-6-21)19-37-18-13-28(29,30)31/h3-8H,9-19H2,1-2H3. The molecule has 200 valence electrons. The van der Waals surface area contributed by atoms with Crippen molar-refractivity contribution < 1.29 is 27.5 Å². The second-order valence-electron chi connectivity index (χ2n) is 11.0. The highest BCUT2D eigenvalue weighted by molar-refractivity contribution is 6.01. The Morgan fingerprint density at radius 1 is 0.946 bits per heavy atom. The van der Waals surface area contributed by atoms with Gasteiger partial charge in [0, 0.05) is 42.9 Å². The summed E-state index contributed by atoms with van der Waals surface area (Å²) in [5.74, 6) is 0.200. The summed E-state index contributed by atoms with van der Waals surface area (Å²) >= 11 is 0. The fraction of sp³-hybridized carbons (Fsp3) is 0.571. The molecule has 0 unspecified atom stereocenters. The number of halogens is 3. The fourth-order valence-electron chi connectivity index (χ4n) is 5.72. The molecular formula is C28H34F3N3O3. The van der Waals surface area contributed by atoms with Crippen molar-refractivity contribution in [1.82, 2.24) is 14.4 Å². The van der Waals surface area contributed by atoms with Gasteiger partial charge < -0.3 is 14.2 Å².